The molecule has 1 fully saturated rings. The molecule has 1 amide bonds. The Bertz CT molecular complexity index is 705. The van der Waals surface area contributed by atoms with Crippen molar-refractivity contribution in [3.63, 3.8) is 0 Å². The van der Waals surface area contributed by atoms with Gasteiger partial charge in [-0.15, -0.1) is 0 Å². The Hall–Kier alpha value is -2.53. The summed E-state index contributed by atoms with van der Waals surface area (Å²) in [5.41, 5.74) is 8.20. The molecule has 2 aromatic carbocycles. The summed E-state index contributed by atoms with van der Waals surface area (Å²) < 4.78 is 5.43. The van der Waals surface area contributed by atoms with E-state index >= 15 is 0 Å². The van der Waals surface area contributed by atoms with Crippen LogP contribution in [-0.2, 0) is 4.79 Å². The lowest BCUT2D eigenvalue weighted by Gasteiger charge is -2.21. The highest BCUT2D eigenvalue weighted by atomic mass is 16.5. The molecule has 5 heteroatoms. The van der Waals surface area contributed by atoms with Crippen molar-refractivity contribution in [2.24, 2.45) is 5.73 Å². The van der Waals surface area contributed by atoms with Gasteiger partial charge < -0.3 is 20.7 Å². The zero-order valence-electron chi connectivity index (χ0n) is 14.5. The first-order valence-corrected chi connectivity index (χ1v) is 8.65. The van der Waals surface area contributed by atoms with E-state index in [-0.39, 0.29) is 18.0 Å². The number of nitrogens with zero attached hydrogens (tertiary/aromatic N) is 1. The molecule has 3 N–H and O–H groups in total. The van der Waals surface area contributed by atoms with Gasteiger partial charge >= 0.3 is 0 Å². The molecule has 0 saturated carbocycles. The molecular weight excluding hydrogens is 314 g/mol. The van der Waals surface area contributed by atoms with Gasteiger partial charge in [0.25, 0.3) is 0 Å². The van der Waals surface area contributed by atoms with E-state index in [0.717, 1.165) is 36.5 Å². The smallest absolute Gasteiger partial charge is 0.222 e. The van der Waals surface area contributed by atoms with Crippen LogP contribution in [0.25, 0.3) is 0 Å². The van der Waals surface area contributed by atoms with E-state index in [0.29, 0.717) is 6.42 Å². The lowest BCUT2D eigenvalue weighted by Crippen LogP contribution is -2.38. The second-order valence-electron chi connectivity index (χ2n) is 6.39. The maximum atomic E-state index is 12.3. The highest BCUT2D eigenvalue weighted by Gasteiger charge is 2.26. The first-order chi connectivity index (χ1) is 12.2. The Kier molecular flexibility index (Phi) is 5.56. The molecule has 3 rings (SSSR count). The molecule has 1 saturated heterocycles. The normalized spacial score (nSPS) is 18.0. The summed E-state index contributed by atoms with van der Waals surface area (Å²) >= 11 is 0. The van der Waals surface area contributed by atoms with Gasteiger partial charge in [0.2, 0.25) is 5.91 Å². The highest BCUT2D eigenvalue weighted by Crippen LogP contribution is 2.30. The summed E-state index contributed by atoms with van der Waals surface area (Å²) in [4.78, 5) is 14.6. The zero-order valence-corrected chi connectivity index (χ0v) is 14.5. The van der Waals surface area contributed by atoms with E-state index in [9.17, 15) is 4.79 Å². The Morgan fingerprint density at radius 3 is 2.72 bits per heavy atom. The molecule has 2 unspecified atom stereocenters. The highest BCUT2D eigenvalue weighted by molar-refractivity contribution is 5.77. The van der Waals surface area contributed by atoms with Gasteiger partial charge in [0, 0.05) is 31.6 Å². The number of rotatable bonds is 6. The number of hydrogen-bond donors (Lipinski definition) is 2. The number of carbonyl (C=O) groups is 1. The Morgan fingerprint density at radius 1 is 1.24 bits per heavy atom. The Labute approximate surface area is 148 Å². The Balaban J connectivity index is 1.53. The number of benzene rings is 2. The second kappa shape index (κ2) is 8.03. The maximum absolute atomic E-state index is 12.3. The summed E-state index contributed by atoms with van der Waals surface area (Å²) in [6, 6.07) is 17.6. The third-order valence-electron chi connectivity index (χ3n) is 4.61. The van der Waals surface area contributed by atoms with Crippen molar-refractivity contribution in [1.29, 1.82) is 0 Å². The molecule has 1 aliphatic rings. The molecule has 1 heterocycles. The quantitative estimate of drug-likeness (QED) is 0.848. The van der Waals surface area contributed by atoms with Crippen LogP contribution in [0.15, 0.2) is 54.6 Å². The number of para-hydroxylation sites is 2. The maximum Gasteiger partial charge on any atom is 0.222 e. The van der Waals surface area contributed by atoms with Crippen molar-refractivity contribution in [3.8, 4) is 5.75 Å². The van der Waals surface area contributed by atoms with Crippen LogP contribution in [0, 0.1) is 0 Å². The first kappa shape index (κ1) is 17.3. The van der Waals surface area contributed by atoms with E-state index in [2.05, 4.69) is 10.2 Å². The van der Waals surface area contributed by atoms with Gasteiger partial charge in [-0.1, -0.05) is 42.5 Å². The molecular formula is C20H25N3O2. The molecule has 132 valence electrons. The zero-order chi connectivity index (χ0) is 17.6. The minimum atomic E-state index is -0.270. The summed E-state index contributed by atoms with van der Waals surface area (Å²) in [5, 5.41) is 3.12. The number of methoxy groups -OCH3 is 1. The fraction of sp³-hybridized carbons (Fsp3) is 0.350. The number of hydrogen-bond acceptors (Lipinski definition) is 4. The summed E-state index contributed by atoms with van der Waals surface area (Å²) in [6.07, 6.45) is 1.22. The van der Waals surface area contributed by atoms with Crippen molar-refractivity contribution in [3.05, 3.63) is 60.2 Å². The minimum Gasteiger partial charge on any atom is -0.495 e. The molecule has 1 aliphatic heterocycles. The van der Waals surface area contributed by atoms with Crippen LogP contribution in [-0.4, -0.2) is 32.1 Å². The van der Waals surface area contributed by atoms with E-state index in [4.69, 9.17) is 10.5 Å². The molecule has 5 nitrogen and oxygen atoms in total. The number of ether oxygens (including phenoxy) is 1. The summed E-state index contributed by atoms with van der Waals surface area (Å²) in [7, 11) is 1.68. The van der Waals surface area contributed by atoms with Crippen LogP contribution in [0.2, 0.25) is 0 Å². The average molecular weight is 339 g/mol. The third kappa shape index (κ3) is 4.31. The van der Waals surface area contributed by atoms with Crippen LogP contribution in [0.4, 0.5) is 5.69 Å². The van der Waals surface area contributed by atoms with E-state index in [1.165, 1.54) is 0 Å². The molecule has 0 aromatic heterocycles. The van der Waals surface area contributed by atoms with Gasteiger partial charge in [-0.2, -0.15) is 0 Å². The molecule has 0 spiro atoms. The third-order valence-corrected chi connectivity index (χ3v) is 4.61. The van der Waals surface area contributed by atoms with Crippen LogP contribution < -0.4 is 20.7 Å². The van der Waals surface area contributed by atoms with Gasteiger partial charge in [-0.25, -0.2) is 0 Å². The van der Waals surface area contributed by atoms with Gasteiger partial charge in [0.15, 0.2) is 0 Å². The lowest BCUT2D eigenvalue weighted by atomic mass is 10.0. The number of nitrogens with one attached hydrogen (secondary N) is 1. The SMILES string of the molecule is COc1ccccc1N1CCC(NC(=O)CC(N)c2ccccc2)C1. The molecule has 0 radical (unpaired) electrons. The van der Waals surface area contributed by atoms with Gasteiger partial charge in [-0.05, 0) is 24.1 Å². The molecule has 2 aromatic rings. The topological polar surface area (TPSA) is 67.6 Å². The predicted octanol–water partition coefficient (Wildman–Crippen LogP) is 2.48. The van der Waals surface area contributed by atoms with E-state index in [1.54, 1.807) is 7.11 Å². The number of nitrogens with two attached hydrogens (primary N) is 1. The first-order valence-electron chi connectivity index (χ1n) is 8.65. The van der Waals surface area contributed by atoms with Crippen molar-refractivity contribution in [2.45, 2.75) is 24.9 Å². The van der Waals surface area contributed by atoms with Crippen LogP contribution in [0.3, 0.4) is 0 Å². The van der Waals surface area contributed by atoms with Crippen LogP contribution >= 0.6 is 0 Å². The summed E-state index contributed by atoms with van der Waals surface area (Å²) in [5.74, 6) is 0.865. The van der Waals surface area contributed by atoms with E-state index in [1.807, 2.05) is 54.6 Å². The van der Waals surface area contributed by atoms with Crippen molar-refractivity contribution in [1.82, 2.24) is 5.32 Å². The van der Waals surface area contributed by atoms with E-state index < -0.39 is 0 Å². The fourth-order valence-electron chi connectivity index (χ4n) is 3.29. The monoisotopic (exact) mass is 339 g/mol. The molecule has 0 aliphatic carbocycles. The van der Waals surface area contributed by atoms with Crippen LogP contribution in [0.5, 0.6) is 5.75 Å². The Morgan fingerprint density at radius 2 is 1.96 bits per heavy atom. The predicted molar refractivity (Wildman–Crippen MR) is 99.7 cm³/mol. The van der Waals surface area contributed by atoms with Gasteiger partial charge in [0.05, 0.1) is 12.8 Å². The van der Waals surface area contributed by atoms with Crippen molar-refractivity contribution >= 4 is 11.6 Å². The fourth-order valence-corrected chi connectivity index (χ4v) is 3.29. The molecule has 2 atom stereocenters. The van der Waals surface area contributed by atoms with Gasteiger partial charge in [0.1, 0.15) is 5.75 Å². The number of amides is 1. The second-order valence-corrected chi connectivity index (χ2v) is 6.39. The average Bonchev–Trinajstić information content (AvgIpc) is 3.10. The molecule has 25 heavy (non-hydrogen) atoms. The molecule has 0 bridgehead atoms. The van der Waals surface area contributed by atoms with Crippen molar-refractivity contribution < 1.29 is 9.53 Å². The number of carbonyl (C=O) groups excluding carboxylic acids is 1. The van der Waals surface area contributed by atoms with Crippen LogP contribution in [0.1, 0.15) is 24.4 Å². The minimum absolute atomic E-state index is 0.00299. The number of anilines is 1. The van der Waals surface area contributed by atoms with Crippen molar-refractivity contribution in [2.75, 3.05) is 25.1 Å². The standard InChI is InChI=1S/C20H25N3O2/c1-25-19-10-6-5-9-18(19)23-12-11-16(14-23)22-20(24)13-17(21)15-7-3-2-4-8-15/h2-10,16-17H,11-14,21H2,1H3,(H,22,24). The van der Waals surface area contributed by atoms with Gasteiger partial charge in [-0.3, -0.25) is 4.79 Å². The largest absolute Gasteiger partial charge is 0.495 e. The summed E-state index contributed by atoms with van der Waals surface area (Å²) in [6.45, 7) is 1.68. The lowest BCUT2D eigenvalue weighted by molar-refractivity contribution is -0.122.